The summed E-state index contributed by atoms with van der Waals surface area (Å²) in [6.45, 7) is 2.32. The van der Waals surface area contributed by atoms with Crippen molar-refractivity contribution in [2.45, 2.75) is 18.9 Å². The van der Waals surface area contributed by atoms with Gasteiger partial charge in [-0.15, -0.1) is 12.4 Å². The molecule has 0 aliphatic carbocycles. The lowest BCUT2D eigenvalue weighted by molar-refractivity contribution is 0.174. The molecular weight excluding hydrogens is 287 g/mol. The van der Waals surface area contributed by atoms with Gasteiger partial charge in [0.2, 0.25) is 6.79 Å². The number of halogens is 2. The van der Waals surface area contributed by atoms with Crippen molar-refractivity contribution >= 4 is 24.0 Å². The van der Waals surface area contributed by atoms with E-state index in [1.54, 1.807) is 6.07 Å². The lowest BCUT2D eigenvalue weighted by atomic mass is 9.86. The molecule has 6 heteroatoms. The second-order valence-corrected chi connectivity index (χ2v) is 5.25. The Labute approximate surface area is 124 Å². The molecule has 1 aromatic carbocycles. The number of rotatable bonds is 2. The second kappa shape index (κ2) is 6.18. The van der Waals surface area contributed by atoms with Gasteiger partial charge in [-0.2, -0.15) is 0 Å². The van der Waals surface area contributed by atoms with Gasteiger partial charge in [0.25, 0.3) is 0 Å². The standard InChI is InChI=1S/C13H17ClN2O2.ClH/c14-10-6-12-11(17-7-18-12)5-9(10)13(15)8-1-3-16-4-2-8;/h5-6,8,13,16H,1-4,7,15H2;1H/t13-;/m1./s1. The Kier molecular flexibility index (Phi) is 4.79. The Bertz CT molecular complexity index is 451. The van der Waals surface area contributed by atoms with Gasteiger partial charge in [-0.25, -0.2) is 0 Å². The normalized spacial score (nSPS) is 19.9. The maximum atomic E-state index is 6.36. The number of fused-ring (bicyclic) bond motifs is 1. The molecule has 0 unspecified atom stereocenters. The van der Waals surface area contributed by atoms with Crippen molar-refractivity contribution in [3.05, 3.63) is 22.7 Å². The largest absolute Gasteiger partial charge is 0.454 e. The third kappa shape index (κ3) is 2.92. The Morgan fingerprint density at radius 2 is 1.84 bits per heavy atom. The third-order valence-electron chi connectivity index (χ3n) is 3.74. The predicted molar refractivity (Wildman–Crippen MR) is 77.3 cm³/mol. The number of nitrogens with one attached hydrogen (secondary N) is 1. The molecule has 1 saturated heterocycles. The molecule has 0 spiro atoms. The molecule has 0 radical (unpaired) electrons. The van der Waals surface area contributed by atoms with Crippen molar-refractivity contribution in [2.75, 3.05) is 19.9 Å². The summed E-state index contributed by atoms with van der Waals surface area (Å²) in [5, 5.41) is 4.02. The lowest BCUT2D eigenvalue weighted by Gasteiger charge is -2.29. The molecule has 0 aromatic heterocycles. The van der Waals surface area contributed by atoms with Crippen molar-refractivity contribution < 1.29 is 9.47 Å². The highest BCUT2D eigenvalue weighted by atomic mass is 35.5. The van der Waals surface area contributed by atoms with Crippen molar-refractivity contribution in [3.63, 3.8) is 0 Å². The Balaban J connectivity index is 0.00000133. The number of benzene rings is 1. The monoisotopic (exact) mass is 304 g/mol. The quantitative estimate of drug-likeness (QED) is 0.881. The fourth-order valence-electron chi connectivity index (χ4n) is 2.65. The zero-order valence-electron chi connectivity index (χ0n) is 10.5. The van der Waals surface area contributed by atoms with Crippen LogP contribution in [0, 0.1) is 5.92 Å². The molecule has 106 valence electrons. The fraction of sp³-hybridized carbons (Fsp3) is 0.538. The number of ether oxygens (including phenoxy) is 2. The van der Waals surface area contributed by atoms with E-state index in [0.29, 0.717) is 16.7 Å². The summed E-state index contributed by atoms with van der Waals surface area (Å²) in [5.41, 5.74) is 7.32. The Morgan fingerprint density at radius 3 is 2.53 bits per heavy atom. The van der Waals surface area contributed by atoms with Crippen molar-refractivity contribution in [3.8, 4) is 11.5 Å². The highest BCUT2D eigenvalue weighted by Gasteiger charge is 2.26. The molecule has 1 atom stereocenters. The highest BCUT2D eigenvalue weighted by molar-refractivity contribution is 6.31. The van der Waals surface area contributed by atoms with Crippen LogP contribution in [0.5, 0.6) is 11.5 Å². The highest BCUT2D eigenvalue weighted by Crippen LogP contribution is 2.40. The minimum absolute atomic E-state index is 0. The van der Waals surface area contributed by atoms with Crippen LogP contribution < -0.4 is 20.5 Å². The van der Waals surface area contributed by atoms with E-state index >= 15 is 0 Å². The molecule has 3 N–H and O–H groups in total. The average molecular weight is 305 g/mol. The summed E-state index contributed by atoms with van der Waals surface area (Å²) in [6, 6.07) is 3.70. The van der Waals surface area contributed by atoms with E-state index in [4.69, 9.17) is 26.8 Å². The van der Waals surface area contributed by atoms with Crippen LogP contribution in [0.15, 0.2) is 12.1 Å². The van der Waals surface area contributed by atoms with Crippen LogP contribution >= 0.6 is 24.0 Å². The van der Waals surface area contributed by atoms with Gasteiger partial charge in [-0.1, -0.05) is 11.6 Å². The van der Waals surface area contributed by atoms with Gasteiger partial charge >= 0.3 is 0 Å². The maximum Gasteiger partial charge on any atom is 0.231 e. The number of piperidine rings is 1. The molecule has 4 nitrogen and oxygen atoms in total. The van der Waals surface area contributed by atoms with Gasteiger partial charge in [-0.05, 0) is 43.5 Å². The maximum absolute atomic E-state index is 6.36. The van der Waals surface area contributed by atoms with Crippen molar-refractivity contribution in [1.29, 1.82) is 0 Å². The fourth-order valence-corrected chi connectivity index (χ4v) is 2.93. The van der Waals surface area contributed by atoms with Gasteiger partial charge in [0.05, 0.1) is 0 Å². The Hall–Kier alpha value is -0.680. The van der Waals surface area contributed by atoms with E-state index in [9.17, 15) is 0 Å². The SMILES string of the molecule is Cl.N[C@@H](c1cc2c(cc1Cl)OCO2)C1CCNCC1. The smallest absolute Gasteiger partial charge is 0.231 e. The minimum atomic E-state index is -0.0332. The average Bonchev–Trinajstić information content (AvgIpc) is 2.85. The van der Waals surface area contributed by atoms with E-state index in [-0.39, 0.29) is 25.2 Å². The van der Waals surface area contributed by atoms with Crippen LogP contribution in [0.4, 0.5) is 0 Å². The van der Waals surface area contributed by atoms with Gasteiger partial charge in [0, 0.05) is 17.1 Å². The van der Waals surface area contributed by atoms with Crippen LogP contribution in [0.3, 0.4) is 0 Å². The molecule has 1 aromatic rings. The molecule has 0 saturated carbocycles. The van der Waals surface area contributed by atoms with Crippen LogP contribution in [-0.2, 0) is 0 Å². The summed E-state index contributed by atoms with van der Waals surface area (Å²) < 4.78 is 10.7. The first-order valence-corrected chi connectivity index (χ1v) is 6.69. The van der Waals surface area contributed by atoms with E-state index < -0.39 is 0 Å². The van der Waals surface area contributed by atoms with E-state index in [1.807, 2.05) is 6.07 Å². The molecule has 2 aliphatic rings. The molecule has 0 bridgehead atoms. The summed E-state index contributed by atoms with van der Waals surface area (Å²) in [6.07, 6.45) is 2.18. The van der Waals surface area contributed by atoms with Crippen LogP contribution in [0.25, 0.3) is 0 Å². The van der Waals surface area contributed by atoms with E-state index in [0.717, 1.165) is 37.2 Å². The number of hydrogen-bond donors (Lipinski definition) is 2. The first kappa shape index (κ1) is 14.7. The van der Waals surface area contributed by atoms with Gasteiger partial charge < -0.3 is 20.5 Å². The van der Waals surface area contributed by atoms with Crippen molar-refractivity contribution in [1.82, 2.24) is 5.32 Å². The molecule has 1 fully saturated rings. The van der Waals surface area contributed by atoms with Crippen LogP contribution in [0.2, 0.25) is 5.02 Å². The lowest BCUT2D eigenvalue weighted by Crippen LogP contribution is -2.33. The first-order valence-electron chi connectivity index (χ1n) is 6.31. The van der Waals surface area contributed by atoms with Gasteiger partial charge in [0.1, 0.15) is 0 Å². The second-order valence-electron chi connectivity index (χ2n) is 4.84. The summed E-state index contributed by atoms with van der Waals surface area (Å²) in [7, 11) is 0. The number of nitrogens with two attached hydrogens (primary N) is 1. The molecule has 2 heterocycles. The molecule has 0 amide bonds. The van der Waals surface area contributed by atoms with Gasteiger partial charge in [-0.3, -0.25) is 0 Å². The molecule has 19 heavy (non-hydrogen) atoms. The zero-order chi connectivity index (χ0) is 12.5. The van der Waals surface area contributed by atoms with E-state index in [2.05, 4.69) is 5.32 Å². The van der Waals surface area contributed by atoms with Gasteiger partial charge in [0.15, 0.2) is 11.5 Å². The van der Waals surface area contributed by atoms with Crippen LogP contribution in [-0.4, -0.2) is 19.9 Å². The van der Waals surface area contributed by atoms with Crippen LogP contribution in [0.1, 0.15) is 24.4 Å². The minimum Gasteiger partial charge on any atom is -0.454 e. The third-order valence-corrected chi connectivity index (χ3v) is 4.07. The van der Waals surface area contributed by atoms with Crippen molar-refractivity contribution in [2.24, 2.45) is 11.7 Å². The summed E-state index contributed by atoms with van der Waals surface area (Å²) >= 11 is 6.29. The predicted octanol–water partition coefficient (Wildman–Crippen LogP) is 2.49. The first-order chi connectivity index (χ1) is 8.75. The zero-order valence-corrected chi connectivity index (χ0v) is 12.1. The molecular formula is C13H18Cl2N2O2. The number of hydrogen-bond acceptors (Lipinski definition) is 4. The Morgan fingerprint density at radius 1 is 1.21 bits per heavy atom. The van der Waals surface area contributed by atoms with E-state index in [1.165, 1.54) is 0 Å². The molecule has 3 rings (SSSR count). The summed E-state index contributed by atoms with van der Waals surface area (Å²) in [5.74, 6) is 1.93. The summed E-state index contributed by atoms with van der Waals surface area (Å²) in [4.78, 5) is 0. The topological polar surface area (TPSA) is 56.5 Å². The molecule has 2 aliphatic heterocycles.